The van der Waals surface area contributed by atoms with E-state index in [0.29, 0.717) is 0 Å². The first-order valence-corrected chi connectivity index (χ1v) is 5.22. The molecule has 0 saturated heterocycles. The van der Waals surface area contributed by atoms with E-state index in [0.717, 1.165) is 4.57 Å². The van der Waals surface area contributed by atoms with Crippen LogP contribution in [0.3, 0.4) is 0 Å². The first-order valence-electron chi connectivity index (χ1n) is 5.22. The van der Waals surface area contributed by atoms with Crippen LogP contribution in [0.25, 0.3) is 0 Å². The molecular weight excluding hydrogens is 230 g/mol. The van der Waals surface area contributed by atoms with Crippen molar-refractivity contribution < 1.29 is 13.6 Å². The molecule has 7 heteroatoms. The molecule has 1 rings (SSSR count). The normalized spacial score (nSPS) is 12.8. The molecule has 0 saturated carbocycles. The molecule has 0 aliphatic carbocycles. The molecule has 17 heavy (non-hydrogen) atoms. The van der Waals surface area contributed by atoms with E-state index in [4.69, 9.17) is 5.73 Å². The molecule has 1 amide bonds. The molecule has 2 N–H and O–H groups in total. The van der Waals surface area contributed by atoms with Gasteiger partial charge in [-0.15, -0.1) is 0 Å². The van der Waals surface area contributed by atoms with Gasteiger partial charge in [0, 0.05) is 31.9 Å². The Morgan fingerprint density at radius 3 is 2.82 bits per heavy atom. The van der Waals surface area contributed by atoms with E-state index in [1.165, 1.54) is 17.3 Å². The van der Waals surface area contributed by atoms with Crippen molar-refractivity contribution in [2.45, 2.75) is 20.0 Å². The molecule has 0 aromatic carbocycles. The highest BCUT2D eigenvalue weighted by atomic mass is 19.3. The Morgan fingerprint density at radius 2 is 2.29 bits per heavy atom. The molecule has 0 radical (unpaired) electrons. The summed E-state index contributed by atoms with van der Waals surface area (Å²) in [7, 11) is 1.54. The van der Waals surface area contributed by atoms with Gasteiger partial charge >= 0.3 is 6.55 Å². The number of nitrogens with zero attached hydrogens (tertiary/aromatic N) is 3. The van der Waals surface area contributed by atoms with Crippen molar-refractivity contribution in [3.63, 3.8) is 0 Å². The zero-order chi connectivity index (χ0) is 13.0. The summed E-state index contributed by atoms with van der Waals surface area (Å²) in [4.78, 5) is 16.9. The molecule has 0 aliphatic heterocycles. The van der Waals surface area contributed by atoms with Crippen LogP contribution in [0.2, 0.25) is 0 Å². The van der Waals surface area contributed by atoms with E-state index in [-0.39, 0.29) is 30.7 Å². The number of nitrogens with two attached hydrogens (primary N) is 1. The average molecular weight is 246 g/mol. The Morgan fingerprint density at radius 1 is 1.65 bits per heavy atom. The summed E-state index contributed by atoms with van der Waals surface area (Å²) in [6, 6.07) is 0. The fourth-order valence-corrected chi connectivity index (χ4v) is 1.41. The summed E-state index contributed by atoms with van der Waals surface area (Å²) in [6.45, 7) is -0.686. The van der Waals surface area contributed by atoms with Gasteiger partial charge in [0.25, 0.3) is 0 Å². The van der Waals surface area contributed by atoms with Crippen molar-refractivity contribution in [1.82, 2.24) is 14.5 Å². The van der Waals surface area contributed by atoms with Crippen molar-refractivity contribution in [2.24, 2.45) is 11.7 Å². The zero-order valence-electron chi connectivity index (χ0n) is 9.81. The molecule has 1 atom stereocenters. The van der Waals surface area contributed by atoms with Gasteiger partial charge in [-0.05, 0) is 0 Å². The maximum atomic E-state index is 12.5. The third kappa shape index (κ3) is 3.23. The number of carbonyl (C=O) groups excluding carboxylic acids is 1. The van der Waals surface area contributed by atoms with Crippen molar-refractivity contribution in [3.8, 4) is 0 Å². The lowest BCUT2D eigenvalue weighted by Gasteiger charge is -2.20. The van der Waals surface area contributed by atoms with Gasteiger partial charge in [0.2, 0.25) is 5.91 Å². The first-order chi connectivity index (χ1) is 7.97. The lowest BCUT2D eigenvalue weighted by atomic mass is 10.1. The van der Waals surface area contributed by atoms with Gasteiger partial charge in [-0.3, -0.25) is 9.36 Å². The Labute approximate surface area is 98.2 Å². The van der Waals surface area contributed by atoms with Gasteiger partial charge in [0.05, 0.1) is 6.54 Å². The van der Waals surface area contributed by atoms with E-state index in [9.17, 15) is 13.6 Å². The smallest absolute Gasteiger partial charge is 0.319 e. The highest BCUT2D eigenvalue weighted by molar-refractivity contribution is 5.78. The van der Waals surface area contributed by atoms with Gasteiger partial charge in [-0.25, -0.2) is 4.98 Å². The van der Waals surface area contributed by atoms with E-state index in [2.05, 4.69) is 4.98 Å². The maximum absolute atomic E-state index is 12.5. The molecule has 1 aromatic heterocycles. The van der Waals surface area contributed by atoms with Crippen LogP contribution in [0.5, 0.6) is 0 Å². The van der Waals surface area contributed by atoms with Gasteiger partial charge in [-0.2, -0.15) is 8.78 Å². The summed E-state index contributed by atoms with van der Waals surface area (Å²) in [5.74, 6) is -0.355. The lowest BCUT2D eigenvalue weighted by Crippen LogP contribution is -2.35. The van der Waals surface area contributed by atoms with Crippen molar-refractivity contribution >= 4 is 5.91 Å². The number of carbonyl (C=O) groups is 1. The molecule has 0 spiro atoms. The van der Waals surface area contributed by atoms with E-state index < -0.39 is 6.55 Å². The van der Waals surface area contributed by atoms with Crippen LogP contribution in [0.1, 0.15) is 19.3 Å². The highest BCUT2D eigenvalue weighted by Crippen LogP contribution is 2.14. The Hall–Kier alpha value is -1.50. The number of amides is 1. The largest absolute Gasteiger partial charge is 0.338 e. The van der Waals surface area contributed by atoms with Crippen molar-refractivity contribution in [1.29, 1.82) is 0 Å². The van der Waals surface area contributed by atoms with E-state index in [1.54, 1.807) is 14.0 Å². The molecule has 1 aromatic rings. The van der Waals surface area contributed by atoms with Crippen LogP contribution in [-0.4, -0.2) is 34.0 Å². The number of rotatable bonds is 5. The quantitative estimate of drug-likeness (QED) is 0.837. The van der Waals surface area contributed by atoms with Gasteiger partial charge in [-0.1, -0.05) is 6.92 Å². The minimum atomic E-state index is -2.65. The Balaban J connectivity index is 2.71. The second-order valence-electron chi connectivity index (χ2n) is 3.86. The predicted molar refractivity (Wildman–Crippen MR) is 58.2 cm³/mol. The van der Waals surface area contributed by atoms with Crippen molar-refractivity contribution in [2.75, 3.05) is 13.6 Å². The minimum absolute atomic E-state index is 0.0422. The number of alkyl halides is 2. The molecule has 0 bridgehead atoms. The predicted octanol–water partition coefficient (Wildman–Crippen LogP) is 0.831. The SMILES string of the molecule is CC(CN)C(=O)N(C)Cc1nccn1C(F)F. The summed E-state index contributed by atoms with van der Waals surface area (Å²) in [5.41, 5.74) is 5.37. The molecule has 96 valence electrons. The van der Waals surface area contributed by atoms with Gasteiger partial charge < -0.3 is 10.6 Å². The molecule has 1 unspecified atom stereocenters. The monoisotopic (exact) mass is 246 g/mol. The summed E-state index contributed by atoms with van der Waals surface area (Å²) < 4.78 is 25.8. The first kappa shape index (κ1) is 13.6. The van der Waals surface area contributed by atoms with E-state index in [1.807, 2.05) is 0 Å². The number of aromatic nitrogens is 2. The highest BCUT2D eigenvalue weighted by Gasteiger charge is 2.19. The number of hydrogen-bond acceptors (Lipinski definition) is 3. The zero-order valence-corrected chi connectivity index (χ0v) is 9.81. The van der Waals surface area contributed by atoms with Crippen LogP contribution in [0.4, 0.5) is 8.78 Å². The second kappa shape index (κ2) is 5.72. The Bertz CT molecular complexity index is 380. The molecule has 0 fully saturated rings. The lowest BCUT2D eigenvalue weighted by molar-refractivity contribution is -0.134. The summed E-state index contributed by atoms with van der Waals surface area (Å²) in [5, 5.41) is 0. The minimum Gasteiger partial charge on any atom is -0.338 e. The third-order valence-corrected chi connectivity index (χ3v) is 2.49. The number of halogens is 2. The molecule has 0 aliphatic rings. The fourth-order valence-electron chi connectivity index (χ4n) is 1.41. The van der Waals surface area contributed by atoms with Gasteiger partial charge in [0.1, 0.15) is 5.82 Å². The van der Waals surface area contributed by atoms with Gasteiger partial charge in [0.15, 0.2) is 0 Å². The third-order valence-electron chi connectivity index (χ3n) is 2.49. The molecule has 1 heterocycles. The van der Waals surface area contributed by atoms with Crippen LogP contribution < -0.4 is 5.73 Å². The Kier molecular flexibility index (Phi) is 4.56. The topological polar surface area (TPSA) is 64.2 Å². The second-order valence-corrected chi connectivity index (χ2v) is 3.86. The fraction of sp³-hybridized carbons (Fsp3) is 0.600. The van der Waals surface area contributed by atoms with Crippen molar-refractivity contribution in [3.05, 3.63) is 18.2 Å². The van der Waals surface area contributed by atoms with Crippen LogP contribution in [0.15, 0.2) is 12.4 Å². The number of hydrogen-bond donors (Lipinski definition) is 1. The van der Waals surface area contributed by atoms with Crippen LogP contribution in [-0.2, 0) is 11.3 Å². The standard InChI is InChI=1S/C10H16F2N4O/c1-7(5-13)9(17)15(2)6-8-14-3-4-16(8)10(11)12/h3-4,7,10H,5-6,13H2,1-2H3. The van der Waals surface area contributed by atoms with Crippen LogP contribution in [0, 0.1) is 5.92 Å². The average Bonchev–Trinajstić information content (AvgIpc) is 2.75. The molecular formula is C10H16F2N4O. The number of imidazole rings is 1. The maximum Gasteiger partial charge on any atom is 0.319 e. The molecule has 5 nitrogen and oxygen atoms in total. The van der Waals surface area contributed by atoms with Crippen LogP contribution >= 0.6 is 0 Å². The summed E-state index contributed by atoms with van der Waals surface area (Å²) >= 11 is 0. The summed E-state index contributed by atoms with van der Waals surface area (Å²) in [6.07, 6.45) is 2.47. The van der Waals surface area contributed by atoms with E-state index >= 15 is 0 Å².